The van der Waals surface area contributed by atoms with Gasteiger partial charge >= 0.3 is 0 Å². The second kappa shape index (κ2) is 7.20. The molecule has 5 heteroatoms. The molecule has 2 N–H and O–H groups in total. The number of benzene rings is 1. The number of carbonyl (C=O) groups is 2. The van der Waals surface area contributed by atoms with Crippen molar-refractivity contribution in [2.24, 2.45) is 5.92 Å². The van der Waals surface area contributed by atoms with Gasteiger partial charge in [-0.3, -0.25) is 9.59 Å². The van der Waals surface area contributed by atoms with E-state index in [1.807, 2.05) is 0 Å². The van der Waals surface area contributed by atoms with E-state index in [4.69, 9.17) is 0 Å². The largest absolute Gasteiger partial charge is 0.352 e. The topological polar surface area (TPSA) is 58.2 Å². The number of hydrogen-bond acceptors (Lipinski definition) is 2. The molecule has 0 saturated heterocycles. The molecule has 2 amide bonds. The van der Waals surface area contributed by atoms with E-state index in [9.17, 15) is 14.0 Å². The zero-order valence-electron chi connectivity index (χ0n) is 12.2. The molecule has 0 heterocycles. The molecule has 0 aromatic heterocycles. The van der Waals surface area contributed by atoms with Crippen LogP contribution in [-0.2, 0) is 4.79 Å². The highest BCUT2D eigenvalue weighted by molar-refractivity contribution is 5.96. The number of rotatable bonds is 4. The van der Waals surface area contributed by atoms with Crippen LogP contribution < -0.4 is 10.6 Å². The SMILES string of the molecule is CC1CCC(NC(=O)CNC(=O)c2ccccc2F)CC1. The van der Waals surface area contributed by atoms with Crippen molar-refractivity contribution < 1.29 is 14.0 Å². The second-order valence-corrected chi connectivity index (χ2v) is 5.69. The van der Waals surface area contributed by atoms with Gasteiger partial charge in [0.25, 0.3) is 5.91 Å². The third kappa shape index (κ3) is 4.55. The second-order valence-electron chi connectivity index (χ2n) is 5.69. The summed E-state index contributed by atoms with van der Waals surface area (Å²) in [5.41, 5.74) is -0.0446. The van der Waals surface area contributed by atoms with Gasteiger partial charge in [-0.25, -0.2) is 4.39 Å². The van der Waals surface area contributed by atoms with Gasteiger partial charge in [0.15, 0.2) is 0 Å². The van der Waals surface area contributed by atoms with Crippen LogP contribution in [0, 0.1) is 11.7 Å². The Balaban J connectivity index is 1.76. The highest BCUT2D eigenvalue weighted by atomic mass is 19.1. The van der Waals surface area contributed by atoms with Crippen molar-refractivity contribution in [3.05, 3.63) is 35.6 Å². The Bertz CT molecular complexity index is 511. The Hall–Kier alpha value is -1.91. The number of carbonyl (C=O) groups excluding carboxylic acids is 2. The number of nitrogens with one attached hydrogen (secondary N) is 2. The standard InChI is InChI=1S/C16H21FN2O2/c1-11-6-8-12(9-7-11)19-15(20)10-18-16(21)13-4-2-3-5-14(13)17/h2-5,11-12H,6-10H2,1H3,(H,18,21)(H,19,20). The molecule has 1 aromatic carbocycles. The predicted octanol–water partition coefficient (Wildman–Crippen LogP) is 2.25. The summed E-state index contributed by atoms with van der Waals surface area (Å²) in [6.07, 6.45) is 4.20. The van der Waals surface area contributed by atoms with E-state index in [1.165, 1.54) is 18.2 Å². The fourth-order valence-corrected chi connectivity index (χ4v) is 2.58. The highest BCUT2D eigenvalue weighted by Crippen LogP contribution is 2.23. The molecule has 0 atom stereocenters. The smallest absolute Gasteiger partial charge is 0.254 e. The van der Waals surface area contributed by atoms with Gasteiger partial charge in [-0.2, -0.15) is 0 Å². The summed E-state index contributed by atoms with van der Waals surface area (Å²) in [4.78, 5) is 23.6. The molecule has 1 aliphatic rings. The van der Waals surface area contributed by atoms with Gasteiger partial charge in [0.1, 0.15) is 5.82 Å². The molecular weight excluding hydrogens is 271 g/mol. The summed E-state index contributed by atoms with van der Waals surface area (Å²) in [5.74, 6) is -0.657. The summed E-state index contributed by atoms with van der Waals surface area (Å²) in [5, 5.41) is 5.36. The molecule has 0 bridgehead atoms. The lowest BCUT2D eigenvalue weighted by Crippen LogP contribution is -2.43. The van der Waals surface area contributed by atoms with E-state index >= 15 is 0 Å². The van der Waals surface area contributed by atoms with Gasteiger partial charge in [0, 0.05) is 6.04 Å². The van der Waals surface area contributed by atoms with Crippen LogP contribution in [0.15, 0.2) is 24.3 Å². The first-order valence-electron chi connectivity index (χ1n) is 7.38. The van der Waals surface area contributed by atoms with Gasteiger partial charge in [-0.05, 0) is 43.7 Å². The third-order valence-corrected chi connectivity index (χ3v) is 3.91. The summed E-state index contributed by atoms with van der Waals surface area (Å²) in [6, 6.07) is 5.91. The van der Waals surface area contributed by atoms with Crippen molar-refractivity contribution in [2.45, 2.75) is 38.6 Å². The first kappa shape index (κ1) is 15.5. The van der Waals surface area contributed by atoms with Gasteiger partial charge in [0.2, 0.25) is 5.91 Å². The third-order valence-electron chi connectivity index (χ3n) is 3.91. The number of amides is 2. The minimum Gasteiger partial charge on any atom is -0.352 e. The Morgan fingerprint density at radius 2 is 1.86 bits per heavy atom. The van der Waals surface area contributed by atoms with Crippen LogP contribution in [0.25, 0.3) is 0 Å². The van der Waals surface area contributed by atoms with Crippen LogP contribution in [0.2, 0.25) is 0 Å². The van der Waals surface area contributed by atoms with Crippen LogP contribution in [0.5, 0.6) is 0 Å². The Labute approximate surface area is 124 Å². The molecular formula is C16H21FN2O2. The molecule has 4 nitrogen and oxygen atoms in total. The Morgan fingerprint density at radius 1 is 1.19 bits per heavy atom. The van der Waals surface area contributed by atoms with Gasteiger partial charge in [-0.1, -0.05) is 19.1 Å². The molecule has 0 unspecified atom stereocenters. The van der Waals surface area contributed by atoms with Crippen LogP contribution in [-0.4, -0.2) is 24.4 Å². The van der Waals surface area contributed by atoms with E-state index in [0.29, 0.717) is 0 Å². The van der Waals surface area contributed by atoms with E-state index in [0.717, 1.165) is 31.6 Å². The number of halogens is 1. The molecule has 2 rings (SSSR count). The lowest BCUT2D eigenvalue weighted by atomic mass is 9.87. The van der Waals surface area contributed by atoms with Gasteiger partial charge in [0.05, 0.1) is 12.1 Å². The molecule has 21 heavy (non-hydrogen) atoms. The molecule has 1 fully saturated rings. The normalized spacial score (nSPS) is 21.6. The Morgan fingerprint density at radius 3 is 2.52 bits per heavy atom. The molecule has 1 aliphatic carbocycles. The summed E-state index contributed by atoms with van der Waals surface area (Å²) in [6.45, 7) is 2.09. The van der Waals surface area contributed by atoms with Crippen molar-refractivity contribution in [3.8, 4) is 0 Å². The molecule has 114 valence electrons. The van der Waals surface area contributed by atoms with Gasteiger partial charge in [-0.15, -0.1) is 0 Å². The van der Waals surface area contributed by atoms with Crippen molar-refractivity contribution in [1.82, 2.24) is 10.6 Å². The van der Waals surface area contributed by atoms with Crippen LogP contribution >= 0.6 is 0 Å². The average Bonchev–Trinajstić information content (AvgIpc) is 2.48. The molecule has 0 spiro atoms. The van der Waals surface area contributed by atoms with E-state index in [1.54, 1.807) is 6.07 Å². The average molecular weight is 292 g/mol. The van der Waals surface area contributed by atoms with Crippen LogP contribution in [0.3, 0.4) is 0 Å². The summed E-state index contributed by atoms with van der Waals surface area (Å²) in [7, 11) is 0. The van der Waals surface area contributed by atoms with Crippen LogP contribution in [0.1, 0.15) is 43.0 Å². The van der Waals surface area contributed by atoms with E-state index in [-0.39, 0.29) is 24.1 Å². The summed E-state index contributed by atoms with van der Waals surface area (Å²) >= 11 is 0. The maximum atomic E-state index is 13.4. The minimum atomic E-state index is -0.586. The van der Waals surface area contributed by atoms with Crippen molar-refractivity contribution >= 4 is 11.8 Å². The minimum absolute atomic E-state index is 0.0446. The molecule has 0 aliphatic heterocycles. The Kier molecular flexibility index (Phi) is 5.31. The lowest BCUT2D eigenvalue weighted by molar-refractivity contribution is -0.121. The fourth-order valence-electron chi connectivity index (χ4n) is 2.58. The zero-order chi connectivity index (χ0) is 15.2. The van der Waals surface area contributed by atoms with E-state index < -0.39 is 11.7 Å². The van der Waals surface area contributed by atoms with Crippen molar-refractivity contribution in [2.75, 3.05) is 6.54 Å². The number of hydrogen-bond donors (Lipinski definition) is 2. The molecule has 1 saturated carbocycles. The van der Waals surface area contributed by atoms with Crippen molar-refractivity contribution in [3.63, 3.8) is 0 Å². The maximum absolute atomic E-state index is 13.4. The molecule has 1 aromatic rings. The quantitative estimate of drug-likeness (QED) is 0.894. The predicted molar refractivity (Wildman–Crippen MR) is 78.3 cm³/mol. The summed E-state index contributed by atoms with van der Waals surface area (Å²) < 4.78 is 13.4. The van der Waals surface area contributed by atoms with E-state index in [2.05, 4.69) is 17.6 Å². The highest BCUT2D eigenvalue weighted by Gasteiger charge is 2.20. The maximum Gasteiger partial charge on any atom is 0.254 e. The first-order chi connectivity index (χ1) is 10.1. The monoisotopic (exact) mass is 292 g/mol. The lowest BCUT2D eigenvalue weighted by Gasteiger charge is -2.26. The van der Waals surface area contributed by atoms with Crippen LogP contribution in [0.4, 0.5) is 4.39 Å². The molecule has 0 radical (unpaired) electrons. The zero-order valence-corrected chi connectivity index (χ0v) is 12.2. The fraction of sp³-hybridized carbons (Fsp3) is 0.500. The van der Waals surface area contributed by atoms with Gasteiger partial charge < -0.3 is 10.6 Å². The first-order valence-corrected chi connectivity index (χ1v) is 7.38. The van der Waals surface area contributed by atoms with Crippen molar-refractivity contribution in [1.29, 1.82) is 0 Å².